The van der Waals surface area contributed by atoms with E-state index in [0.29, 0.717) is 33.6 Å². The summed E-state index contributed by atoms with van der Waals surface area (Å²) in [5.74, 6) is -0.992. The van der Waals surface area contributed by atoms with Gasteiger partial charge in [0.1, 0.15) is 12.6 Å². The quantitative estimate of drug-likeness (QED) is 0.166. The number of hydrogen-bond acceptors (Lipinski definition) is 4. The summed E-state index contributed by atoms with van der Waals surface area (Å²) in [4.78, 5) is 29.5. The first-order valence-corrected chi connectivity index (χ1v) is 16.6. The summed E-state index contributed by atoms with van der Waals surface area (Å²) in [6.45, 7) is 1.61. The predicted molar refractivity (Wildman–Crippen MR) is 177 cm³/mol. The SMILES string of the molecule is CCCNC(=O)[C@@H](Cc1ccccc1)N(Cc1c(Cl)cccc1Cl)C(=O)CN(c1ccccc1)S(=O)(=O)c1ccc(Cl)cc1. The Bertz CT molecular complexity index is 1650. The summed E-state index contributed by atoms with van der Waals surface area (Å²) in [5.41, 5.74) is 1.54. The zero-order chi connectivity index (χ0) is 31.7. The lowest BCUT2D eigenvalue weighted by Gasteiger charge is -2.34. The van der Waals surface area contributed by atoms with Gasteiger partial charge in [-0.05, 0) is 60.5 Å². The number of anilines is 1. The minimum atomic E-state index is -4.23. The van der Waals surface area contributed by atoms with Crippen molar-refractivity contribution in [3.8, 4) is 0 Å². The van der Waals surface area contributed by atoms with Gasteiger partial charge in [-0.3, -0.25) is 13.9 Å². The first kappa shape index (κ1) is 33.3. The molecule has 0 fully saturated rings. The molecule has 44 heavy (non-hydrogen) atoms. The normalized spacial score (nSPS) is 11.9. The Kier molecular flexibility index (Phi) is 11.7. The highest BCUT2D eigenvalue weighted by Gasteiger charge is 2.35. The third-order valence-electron chi connectivity index (χ3n) is 6.94. The Hall–Kier alpha value is -3.56. The van der Waals surface area contributed by atoms with E-state index in [1.54, 1.807) is 48.5 Å². The zero-order valence-corrected chi connectivity index (χ0v) is 27.1. The van der Waals surface area contributed by atoms with Gasteiger partial charge in [-0.15, -0.1) is 0 Å². The smallest absolute Gasteiger partial charge is 0.264 e. The van der Waals surface area contributed by atoms with Crippen LogP contribution in [-0.2, 0) is 32.6 Å². The van der Waals surface area contributed by atoms with Gasteiger partial charge in [0.25, 0.3) is 10.0 Å². The van der Waals surface area contributed by atoms with E-state index in [9.17, 15) is 18.0 Å². The number of para-hydroxylation sites is 1. The van der Waals surface area contributed by atoms with E-state index >= 15 is 0 Å². The molecule has 0 bridgehead atoms. The minimum Gasteiger partial charge on any atom is -0.354 e. The van der Waals surface area contributed by atoms with Crippen molar-refractivity contribution >= 4 is 62.3 Å². The van der Waals surface area contributed by atoms with Crippen LogP contribution in [0, 0.1) is 0 Å². The molecule has 4 aromatic carbocycles. The molecule has 0 aromatic heterocycles. The van der Waals surface area contributed by atoms with E-state index in [2.05, 4.69) is 5.32 Å². The molecule has 0 saturated heterocycles. The molecule has 11 heteroatoms. The molecule has 0 spiro atoms. The van der Waals surface area contributed by atoms with E-state index in [4.69, 9.17) is 34.8 Å². The Labute approximate surface area is 273 Å². The van der Waals surface area contributed by atoms with Gasteiger partial charge in [0.15, 0.2) is 0 Å². The molecular weight excluding hydrogens is 641 g/mol. The number of amides is 2. The second-order valence-electron chi connectivity index (χ2n) is 10.0. The molecule has 0 aliphatic rings. The molecular formula is C33H32Cl3N3O4S. The highest BCUT2D eigenvalue weighted by Crippen LogP contribution is 2.29. The Morgan fingerprint density at radius 1 is 0.795 bits per heavy atom. The molecule has 0 aliphatic heterocycles. The number of carbonyl (C=O) groups excluding carboxylic acids is 2. The van der Waals surface area contributed by atoms with Crippen LogP contribution in [0.3, 0.4) is 0 Å². The third kappa shape index (κ3) is 8.33. The Morgan fingerprint density at radius 3 is 1.98 bits per heavy atom. The summed E-state index contributed by atoms with van der Waals surface area (Å²) >= 11 is 19.1. The van der Waals surface area contributed by atoms with Crippen molar-refractivity contribution in [2.24, 2.45) is 0 Å². The average Bonchev–Trinajstić information content (AvgIpc) is 3.02. The van der Waals surface area contributed by atoms with Crippen molar-refractivity contribution < 1.29 is 18.0 Å². The Balaban J connectivity index is 1.81. The van der Waals surface area contributed by atoms with Crippen LogP contribution in [-0.4, -0.2) is 44.3 Å². The molecule has 0 radical (unpaired) electrons. The van der Waals surface area contributed by atoms with Crippen LogP contribution in [0.2, 0.25) is 15.1 Å². The van der Waals surface area contributed by atoms with Crippen LogP contribution in [0.15, 0.2) is 108 Å². The van der Waals surface area contributed by atoms with Crippen LogP contribution in [0.5, 0.6) is 0 Å². The molecule has 2 amide bonds. The predicted octanol–water partition coefficient (Wildman–Crippen LogP) is 7.01. The number of halogens is 3. The molecule has 230 valence electrons. The molecule has 0 heterocycles. The molecule has 4 rings (SSSR count). The lowest BCUT2D eigenvalue weighted by atomic mass is 10.0. The highest BCUT2D eigenvalue weighted by atomic mass is 35.5. The summed E-state index contributed by atoms with van der Waals surface area (Å²) < 4.78 is 29.0. The van der Waals surface area contributed by atoms with Crippen LogP contribution in [0.4, 0.5) is 5.69 Å². The van der Waals surface area contributed by atoms with Crippen LogP contribution < -0.4 is 9.62 Å². The zero-order valence-electron chi connectivity index (χ0n) is 24.0. The fourth-order valence-electron chi connectivity index (χ4n) is 4.63. The molecule has 1 N–H and O–H groups in total. The van der Waals surface area contributed by atoms with Crippen molar-refractivity contribution in [1.29, 1.82) is 0 Å². The largest absolute Gasteiger partial charge is 0.354 e. The van der Waals surface area contributed by atoms with E-state index in [1.165, 1.54) is 29.2 Å². The number of nitrogens with one attached hydrogen (secondary N) is 1. The van der Waals surface area contributed by atoms with E-state index in [1.807, 2.05) is 37.3 Å². The molecule has 0 aliphatic carbocycles. The van der Waals surface area contributed by atoms with Gasteiger partial charge in [-0.2, -0.15) is 0 Å². The number of hydrogen-bond donors (Lipinski definition) is 1. The van der Waals surface area contributed by atoms with Gasteiger partial charge >= 0.3 is 0 Å². The van der Waals surface area contributed by atoms with Crippen molar-refractivity contribution in [2.45, 2.75) is 37.2 Å². The van der Waals surface area contributed by atoms with Crippen molar-refractivity contribution in [1.82, 2.24) is 10.2 Å². The lowest BCUT2D eigenvalue weighted by Crippen LogP contribution is -2.53. The maximum Gasteiger partial charge on any atom is 0.264 e. The Morgan fingerprint density at radius 2 is 1.39 bits per heavy atom. The van der Waals surface area contributed by atoms with Gasteiger partial charge in [0, 0.05) is 40.1 Å². The second kappa shape index (κ2) is 15.4. The average molecular weight is 673 g/mol. The van der Waals surface area contributed by atoms with Gasteiger partial charge in [-0.1, -0.05) is 96.3 Å². The van der Waals surface area contributed by atoms with Crippen LogP contribution >= 0.6 is 34.8 Å². The van der Waals surface area contributed by atoms with E-state index < -0.39 is 28.5 Å². The molecule has 4 aromatic rings. The highest BCUT2D eigenvalue weighted by molar-refractivity contribution is 7.92. The molecule has 7 nitrogen and oxygen atoms in total. The molecule has 1 atom stereocenters. The molecule has 0 unspecified atom stereocenters. The first-order valence-electron chi connectivity index (χ1n) is 14.0. The number of rotatable bonds is 13. The monoisotopic (exact) mass is 671 g/mol. The van der Waals surface area contributed by atoms with Crippen LogP contribution in [0.1, 0.15) is 24.5 Å². The summed E-state index contributed by atoms with van der Waals surface area (Å²) in [6.07, 6.45) is 0.870. The summed E-state index contributed by atoms with van der Waals surface area (Å²) in [7, 11) is -4.23. The fourth-order valence-corrected chi connectivity index (χ4v) is 6.69. The van der Waals surface area contributed by atoms with Crippen LogP contribution in [0.25, 0.3) is 0 Å². The fraction of sp³-hybridized carbons (Fsp3) is 0.212. The van der Waals surface area contributed by atoms with Crippen molar-refractivity contribution in [3.63, 3.8) is 0 Å². The van der Waals surface area contributed by atoms with Crippen molar-refractivity contribution in [3.05, 3.63) is 129 Å². The van der Waals surface area contributed by atoms with E-state index in [0.717, 1.165) is 9.87 Å². The van der Waals surface area contributed by atoms with Gasteiger partial charge < -0.3 is 10.2 Å². The summed E-state index contributed by atoms with van der Waals surface area (Å²) in [6, 6.07) is 27.3. The van der Waals surface area contributed by atoms with Gasteiger partial charge in [-0.25, -0.2) is 8.42 Å². The first-order chi connectivity index (χ1) is 21.1. The number of carbonyl (C=O) groups is 2. The maximum absolute atomic E-state index is 14.4. The number of nitrogens with zero attached hydrogens (tertiary/aromatic N) is 2. The topological polar surface area (TPSA) is 86.8 Å². The standard InChI is InChI=1S/C33H32Cl3N3O4S/c1-2-20-37-33(41)31(21-24-10-5-3-6-11-24)38(22-28-29(35)14-9-15-30(28)36)32(40)23-39(26-12-7-4-8-13-26)44(42,43)27-18-16-25(34)17-19-27/h3-19,31H,2,20-23H2,1H3,(H,37,41)/t31-/m1/s1. The maximum atomic E-state index is 14.4. The lowest BCUT2D eigenvalue weighted by molar-refractivity contribution is -0.140. The third-order valence-corrected chi connectivity index (χ3v) is 9.68. The van der Waals surface area contributed by atoms with Crippen molar-refractivity contribution in [2.75, 3.05) is 17.4 Å². The number of sulfonamides is 1. The second-order valence-corrected chi connectivity index (χ2v) is 13.1. The molecule has 0 saturated carbocycles. The van der Waals surface area contributed by atoms with Gasteiger partial charge in [0.2, 0.25) is 11.8 Å². The number of benzene rings is 4. The van der Waals surface area contributed by atoms with Gasteiger partial charge in [0.05, 0.1) is 10.6 Å². The minimum absolute atomic E-state index is 0.0409. The summed E-state index contributed by atoms with van der Waals surface area (Å²) in [5, 5.41) is 3.91. The van der Waals surface area contributed by atoms with E-state index in [-0.39, 0.29) is 29.5 Å².